The molecule has 0 aliphatic heterocycles. The second-order valence-electron chi connectivity index (χ2n) is 4.12. The van der Waals surface area contributed by atoms with Gasteiger partial charge in [0.25, 0.3) is 0 Å². The summed E-state index contributed by atoms with van der Waals surface area (Å²) in [7, 11) is 0. The van der Waals surface area contributed by atoms with Gasteiger partial charge < -0.3 is 4.98 Å². The van der Waals surface area contributed by atoms with Crippen molar-refractivity contribution >= 4 is 6.29 Å². The van der Waals surface area contributed by atoms with Gasteiger partial charge in [0.2, 0.25) is 0 Å². The Labute approximate surface area is 83.9 Å². The Morgan fingerprint density at radius 1 is 1.43 bits per heavy atom. The average molecular weight is 192 g/mol. The first kappa shape index (κ1) is 9.44. The van der Waals surface area contributed by atoms with Crippen molar-refractivity contribution in [1.82, 2.24) is 9.97 Å². The quantitative estimate of drug-likeness (QED) is 0.747. The Kier molecular flexibility index (Phi) is 2.96. The molecule has 2 rings (SSSR count). The highest BCUT2D eigenvalue weighted by atomic mass is 16.1. The number of nitrogens with one attached hydrogen (secondary N) is 1. The van der Waals surface area contributed by atoms with Crippen LogP contribution in [0.2, 0.25) is 0 Å². The Morgan fingerprint density at radius 2 is 2.21 bits per heavy atom. The highest BCUT2D eigenvalue weighted by molar-refractivity contribution is 5.68. The van der Waals surface area contributed by atoms with Crippen molar-refractivity contribution in [2.45, 2.75) is 38.5 Å². The summed E-state index contributed by atoms with van der Waals surface area (Å²) >= 11 is 0. The van der Waals surface area contributed by atoms with Crippen molar-refractivity contribution in [2.75, 3.05) is 0 Å². The predicted octanol–water partition coefficient (Wildman–Crippen LogP) is 2.34. The van der Waals surface area contributed by atoms with E-state index in [4.69, 9.17) is 0 Å². The summed E-state index contributed by atoms with van der Waals surface area (Å²) in [4.78, 5) is 17.4. The third-order valence-electron chi connectivity index (χ3n) is 2.99. The van der Waals surface area contributed by atoms with Crippen LogP contribution >= 0.6 is 0 Å². The molecular formula is C11H16N2O. The highest BCUT2D eigenvalue weighted by Gasteiger charge is 2.14. The van der Waals surface area contributed by atoms with Crippen LogP contribution in [0.1, 0.15) is 48.4 Å². The third kappa shape index (κ3) is 2.22. The maximum atomic E-state index is 10.4. The molecule has 0 atom stereocenters. The zero-order chi connectivity index (χ0) is 9.80. The third-order valence-corrected chi connectivity index (χ3v) is 2.99. The lowest BCUT2D eigenvalue weighted by Crippen LogP contribution is -2.09. The average Bonchev–Trinajstić information content (AvgIpc) is 2.67. The fourth-order valence-corrected chi connectivity index (χ4v) is 2.24. The first-order chi connectivity index (χ1) is 6.88. The molecule has 1 N–H and O–H groups in total. The molecule has 1 heterocycles. The van der Waals surface area contributed by atoms with Gasteiger partial charge in [-0.2, -0.15) is 0 Å². The van der Waals surface area contributed by atoms with E-state index in [1.54, 1.807) is 6.20 Å². The Bertz CT molecular complexity index is 300. The Morgan fingerprint density at radius 3 is 2.86 bits per heavy atom. The molecule has 0 bridgehead atoms. The predicted molar refractivity (Wildman–Crippen MR) is 54.3 cm³/mol. The van der Waals surface area contributed by atoms with Gasteiger partial charge in [-0.25, -0.2) is 4.98 Å². The van der Waals surface area contributed by atoms with Crippen molar-refractivity contribution in [2.24, 2.45) is 5.92 Å². The van der Waals surface area contributed by atoms with E-state index in [9.17, 15) is 4.79 Å². The van der Waals surface area contributed by atoms with E-state index in [-0.39, 0.29) is 0 Å². The fourth-order valence-electron chi connectivity index (χ4n) is 2.24. The summed E-state index contributed by atoms with van der Waals surface area (Å²) in [5.41, 5.74) is 1.11. The van der Waals surface area contributed by atoms with E-state index in [2.05, 4.69) is 9.97 Å². The number of hydrogen-bond donors (Lipinski definition) is 1. The van der Waals surface area contributed by atoms with Crippen molar-refractivity contribution in [1.29, 1.82) is 0 Å². The van der Waals surface area contributed by atoms with Gasteiger partial charge in [-0.3, -0.25) is 4.79 Å². The number of H-pyrrole nitrogens is 1. The number of carbonyl (C=O) groups is 1. The van der Waals surface area contributed by atoms with Crippen molar-refractivity contribution < 1.29 is 4.79 Å². The van der Waals surface area contributed by atoms with E-state index in [1.165, 1.54) is 32.1 Å². The summed E-state index contributed by atoms with van der Waals surface area (Å²) in [6.07, 6.45) is 10.4. The number of aromatic nitrogens is 2. The van der Waals surface area contributed by atoms with Gasteiger partial charge in [0.1, 0.15) is 0 Å². The summed E-state index contributed by atoms with van der Waals surface area (Å²) < 4.78 is 0. The zero-order valence-corrected chi connectivity index (χ0v) is 8.33. The van der Waals surface area contributed by atoms with Crippen LogP contribution in [0.4, 0.5) is 0 Å². The van der Waals surface area contributed by atoms with Crippen molar-refractivity contribution in [3.63, 3.8) is 0 Å². The summed E-state index contributed by atoms with van der Waals surface area (Å²) in [6.45, 7) is 0. The van der Waals surface area contributed by atoms with Gasteiger partial charge in [-0.15, -0.1) is 0 Å². The van der Waals surface area contributed by atoms with Gasteiger partial charge >= 0.3 is 0 Å². The van der Waals surface area contributed by atoms with Crippen LogP contribution in [-0.2, 0) is 6.42 Å². The molecule has 0 aromatic carbocycles. The molecule has 0 unspecified atom stereocenters. The second-order valence-corrected chi connectivity index (χ2v) is 4.12. The second kappa shape index (κ2) is 4.40. The minimum absolute atomic E-state index is 0.454. The number of carbonyl (C=O) groups excluding carboxylic acids is 1. The van der Waals surface area contributed by atoms with E-state index in [0.717, 1.165) is 24.3 Å². The minimum atomic E-state index is 0.454. The normalized spacial score (nSPS) is 18.3. The molecule has 76 valence electrons. The molecule has 0 amide bonds. The van der Waals surface area contributed by atoms with Gasteiger partial charge in [0, 0.05) is 11.9 Å². The topological polar surface area (TPSA) is 45.8 Å². The molecule has 1 fully saturated rings. The molecule has 0 radical (unpaired) electrons. The summed E-state index contributed by atoms with van der Waals surface area (Å²) in [5.74, 6) is 1.25. The number of nitrogens with zero attached hydrogens (tertiary/aromatic N) is 1. The number of aldehydes is 1. The molecule has 0 saturated heterocycles. The number of aromatic amines is 1. The summed E-state index contributed by atoms with van der Waals surface area (Å²) in [5, 5.41) is 0. The smallest absolute Gasteiger partial charge is 0.185 e. The van der Waals surface area contributed by atoms with Crippen LogP contribution in [0.3, 0.4) is 0 Å². The van der Waals surface area contributed by atoms with Gasteiger partial charge in [-0.1, -0.05) is 32.1 Å². The monoisotopic (exact) mass is 192 g/mol. The molecular weight excluding hydrogens is 176 g/mol. The lowest BCUT2D eigenvalue weighted by atomic mass is 9.86. The number of rotatable bonds is 3. The number of hydrogen-bond acceptors (Lipinski definition) is 2. The fraction of sp³-hybridized carbons (Fsp3) is 0.636. The van der Waals surface area contributed by atoms with Gasteiger partial charge in [0.05, 0.1) is 0 Å². The Balaban J connectivity index is 1.92. The molecule has 0 spiro atoms. The van der Waals surface area contributed by atoms with Gasteiger partial charge in [0.15, 0.2) is 12.1 Å². The highest BCUT2D eigenvalue weighted by Crippen LogP contribution is 2.26. The molecule has 1 aliphatic rings. The van der Waals surface area contributed by atoms with Crippen LogP contribution in [0.15, 0.2) is 6.20 Å². The zero-order valence-electron chi connectivity index (χ0n) is 8.33. The van der Waals surface area contributed by atoms with Gasteiger partial charge in [-0.05, 0) is 12.3 Å². The maximum Gasteiger partial charge on any atom is 0.185 e. The molecule has 3 nitrogen and oxygen atoms in total. The molecule has 1 aromatic heterocycles. The van der Waals surface area contributed by atoms with E-state index >= 15 is 0 Å². The largest absolute Gasteiger partial charge is 0.340 e. The van der Waals surface area contributed by atoms with Crippen molar-refractivity contribution in [3.05, 3.63) is 17.7 Å². The number of imidazole rings is 1. The lowest BCUT2D eigenvalue weighted by molar-refractivity contribution is 0.111. The first-order valence-electron chi connectivity index (χ1n) is 5.37. The van der Waals surface area contributed by atoms with Crippen LogP contribution in [0.5, 0.6) is 0 Å². The molecule has 3 heteroatoms. The van der Waals surface area contributed by atoms with Crippen molar-refractivity contribution in [3.8, 4) is 0 Å². The summed E-state index contributed by atoms with van der Waals surface area (Å²) in [6, 6.07) is 0. The lowest BCUT2D eigenvalue weighted by Gasteiger charge is -2.20. The first-order valence-corrected chi connectivity index (χ1v) is 5.37. The Hall–Kier alpha value is -1.12. The molecule has 14 heavy (non-hydrogen) atoms. The molecule has 1 aliphatic carbocycles. The standard InChI is InChI=1S/C11H16N2O/c14-8-11-12-7-10(13-11)6-9-4-2-1-3-5-9/h7-9H,1-6H2,(H,12,13). The molecule has 1 saturated carbocycles. The van der Waals surface area contributed by atoms with Crippen LogP contribution in [0, 0.1) is 5.92 Å². The van der Waals surface area contributed by atoms with Crippen LogP contribution in [-0.4, -0.2) is 16.3 Å². The van der Waals surface area contributed by atoms with Crippen LogP contribution in [0.25, 0.3) is 0 Å². The SMILES string of the molecule is O=Cc1ncc(CC2CCCCC2)[nH]1. The van der Waals surface area contributed by atoms with Crippen LogP contribution < -0.4 is 0 Å². The van der Waals surface area contributed by atoms with E-state index < -0.39 is 0 Å². The van der Waals surface area contributed by atoms with E-state index in [0.29, 0.717) is 5.82 Å². The minimum Gasteiger partial charge on any atom is -0.340 e. The maximum absolute atomic E-state index is 10.4. The molecule has 1 aromatic rings. The van der Waals surface area contributed by atoms with E-state index in [1.807, 2.05) is 0 Å².